The lowest BCUT2D eigenvalue weighted by Crippen LogP contribution is -2.23. The van der Waals surface area contributed by atoms with Crippen molar-refractivity contribution in [3.05, 3.63) is 186 Å². The third kappa shape index (κ3) is 5.39. The van der Waals surface area contributed by atoms with Gasteiger partial charge in [-0.2, -0.15) is 0 Å². The van der Waals surface area contributed by atoms with E-state index < -0.39 is 0 Å². The first-order valence-electron chi connectivity index (χ1n) is 18.9. The molecule has 0 atom stereocenters. The van der Waals surface area contributed by atoms with Crippen LogP contribution in [-0.2, 0) is 10.8 Å². The fraction of sp³-hybridized carbons (Fsp3) is 0.160. The Morgan fingerprint density at radius 3 is 1.02 bits per heavy atom. The van der Waals surface area contributed by atoms with E-state index in [0.29, 0.717) is 44.0 Å². The summed E-state index contributed by atoms with van der Waals surface area (Å²) in [5, 5.41) is 4.33. The van der Waals surface area contributed by atoms with Gasteiger partial charge in [0.15, 0.2) is 0 Å². The van der Waals surface area contributed by atoms with Gasteiger partial charge in [-0.3, -0.25) is 19.2 Å². The first kappa shape index (κ1) is 35.1. The Morgan fingerprint density at radius 2 is 0.696 bits per heavy atom. The topological polar surface area (TPSA) is 78.1 Å². The summed E-state index contributed by atoms with van der Waals surface area (Å²) in [6.45, 7) is 12.7. The molecule has 56 heavy (non-hydrogen) atoms. The number of benzene rings is 7. The molecule has 0 N–H and O–H groups in total. The second-order valence-corrected chi connectivity index (χ2v) is 16.9. The summed E-state index contributed by atoms with van der Waals surface area (Å²) in [4.78, 5) is 57.8. The summed E-state index contributed by atoms with van der Waals surface area (Å²) in [5.41, 5.74) is 4.36. The van der Waals surface area contributed by atoms with Crippen LogP contribution in [0.3, 0.4) is 0 Å². The van der Waals surface area contributed by atoms with Crippen LogP contribution in [0.5, 0.6) is 0 Å². The summed E-state index contributed by atoms with van der Waals surface area (Å²) in [5.74, 6) is 0. The molecule has 2 heterocycles. The normalized spacial score (nSPS) is 12.4. The van der Waals surface area contributed by atoms with Gasteiger partial charge in [-0.1, -0.05) is 126 Å². The molecule has 0 spiro atoms. The number of aromatic nitrogens is 2. The SMILES string of the molecule is CC(C)(C)c1ccc(-n2c(=O)c3cc4cc5c(-c6ccccc6)c6c(=O)n(-c7ccc(C(C)(C)C)cc7)c(=O)c6cc5cc4c(-c4ccccc4)c3c2=O)cc1. The van der Waals surface area contributed by atoms with Crippen molar-refractivity contribution in [2.24, 2.45) is 0 Å². The van der Waals surface area contributed by atoms with E-state index in [4.69, 9.17) is 0 Å². The highest BCUT2D eigenvalue weighted by Crippen LogP contribution is 2.41. The van der Waals surface area contributed by atoms with Crippen LogP contribution in [0.15, 0.2) is 153 Å². The highest BCUT2D eigenvalue weighted by Gasteiger charge is 2.25. The van der Waals surface area contributed by atoms with Gasteiger partial charge in [-0.25, -0.2) is 9.13 Å². The van der Waals surface area contributed by atoms with Crippen molar-refractivity contribution in [3.63, 3.8) is 0 Å². The molecule has 7 aromatic carbocycles. The molecular weight excluding hydrogens is 693 g/mol. The molecule has 0 bridgehead atoms. The molecule has 6 heteroatoms. The summed E-state index contributed by atoms with van der Waals surface area (Å²) in [7, 11) is 0. The quantitative estimate of drug-likeness (QED) is 0.169. The molecule has 0 amide bonds. The Hall–Kier alpha value is -6.66. The Morgan fingerprint density at radius 1 is 0.375 bits per heavy atom. The van der Waals surface area contributed by atoms with E-state index in [1.54, 1.807) is 12.1 Å². The van der Waals surface area contributed by atoms with E-state index in [0.717, 1.165) is 43.8 Å². The van der Waals surface area contributed by atoms with E-state index in [2.05, 4.69) is 41.5 Å². The minimum Gasteiger partial charge on any atom is -0.268 e. The monoisotopic (exact) mass is 732 g/mol. The summed E-state index contributed by atoms with van der Waals surface area (Å²) in [6.07, 6.45) is 0. The third-order valence-corrected chi connectivity index (χ3v) is 11.2. The minimum absolute atomic E-state index is 0.0925. The van der Waals surface area contributed by atoms with E-state index in [9.17, 15) is 19.2 Å². The molecule has 274 valence electrons. The summed E-state index contributed by atoms with van der Waals surface area (Å²) < 4.78 is 2.54. The minimum atomic E-state index is -0.390. The number of rotatable bonds is 4. The van der Waals surface area contributed by atoms with Gasteiger partial charge in [-0.15, -0.1) is 0 Å². The molecule has 0 saturated heterocycles. The van der Waals surface area contributed by atoms with Crippen molar-refractivity contribution in [1.82, 2.24) is 9.13 Å². The molecule has 0 radical (unpaired) electrons. The standard InChI is InChI=1S/C50H40N2O4/c1-49(2,3)33-17-21-35(22-18-33)51-45(53)39-27-31-25-38-32(26-37(31)41(43(39)47(51)55)29-13-9-7-10-14-29)28-40-44(42(38)30-15-11-8-12-16-30)48(56)52(46(40)54)36-23-19-34(20-24-36)50(4,5)6/h7-28H,1-6H3. The van der Waals surface area contributed by atoms with Crippen molar-refractivity contribution >= 4 is 43.1 Å². The lowest BCUT2D eigenvalue weighted by molar-refractivity contribution is 0.590. The van der Waals surface area contributed by atoms with Gasteiger partial charge in [0.05, 0.1) is 32.9 Å². The molecule has 0 aliphatic heterocycles. The molecular formula is C50H40N2O4. The average molecular weight is 733 g/mol. The largest absolute Gasteiger partial charge is 0.268 e. The fourth-order valence-corrected chi connectivity index (χ4v) is 8.23. The lowest BCUT2D eigenvalue weighted by Gasteiger charge is -2.19. The predicted molar refractivity (Wildman–Crippen MR) is 231 cm³/mol. The molecule has 0 fully saturated rings. The van der Waals surface area contributed by atoms with E-state index in [1.807, 2.05) is 121 Å². The van der Waals surface area contributed by atoms with Crippen LogP contribution in [0.1, 0.15) is 52.7 Å². The van der Waals surface area contributed by atoms with E-state index in [-0.39, 0.29) is 33.1 Å². The van der Waals surface area contributed by atoms with Gasteiger partial charge in [0, 0.05) is 11.1 Å². The van der Waals surface area contributed by atoms with Gasteiger partial charge in [0.1, 0.15) is 0 Å². The second-order valence-electron chi connectivity index (χ2n) is 16.9. The second kappa shape index (κ2) is 12.4. The smallest absolute Gasteiger partial charge is 0.266 e. The van der Waals surface area contributed by atoms with Crippen LogP contribution in [0.2, 0.25) is 0 Å². The average Bonchev–Trinajstić information content (AvgIpc) is 3.58. The van der Waals surface area contributed by atoms with Crippen molar-refractivity contribution in [3.8, 4) is 33.6 Å². The van der Waals surface area contributed by atoms with Crippen LogP contribution in [0.25, 0.3) is 76.7 Å². The van der Waals surface area contributed by atoms with Crippen LogP contribution < -0.4 is 22.2 Å². The van der Waals surface area contributed by atoms with Crippen molar-refractivity contribution < 1.29 is 0 Å². The third-order valence-electron chi connectivity index (χ3n) is 11.2. The van der Waals surface area contributed by atoms with Crippen molar-refractivity contribution in [1.29, 1.82) is 0 Å². The summed E-state index contributed by atoms with van der Waals surface area (Å²) >= 11 is 0. The molecule has 0 aliphatic carbocycles. The maximum Gasteiger partial charge on any atom is 0.266 e. The highest BCUT2D eigenvalue weighted by atomic mass is 16.2. The zero-order valence-electron chi connectivity index (χ0n) is 32.2. The molecule has 6 nitrogen and oxygen atoms in total. The van der Waals surface area contributed by atoms with Gasteiger partial charge in [0.2, 0.25) is 0 Å². The Kier molecular flexibility index (Phi) is 7.79. The Bertz CT molecular complexity index is 3020. The number of hydrogen-bond donors (Lipinski definition) is 0. The molecule has 9 rings (SSSR count). The zero-order chi connectivity index (χ0) is 39.3. The lowest BCUT2D eigenvalue weighted by atomic mass is 9.87. The molecule has 0 aliphatic rings. The molecule has 2 aromatic heterocycles. The van der Waals surface area contributed by atoms with Gasteiger partial charge >= 0.3 is 0 Å². The van der Waals surface area contributed by atoms with Gasteiger partial charge in [0.25, 0.3) is 22.2 Å². The van der Waals surface area contributed by atoms with Gasteiger partial charge in [-0.05, 0) is 103 Å². The van der Waals surface area contributed by atoms with Crippen molar-refractivity contribution in [2.45, 2.75) is 52.4 Å². The fourth-order valence-electron chi connectivity index (χ4n) is 8.23. The zero-order valence-corrected chi connectivity index (χ0v) is 32.2. The first-order chi connectivity index (χ1) is 26.7. The maximum atomic E-state index is 14.5. The maximum absolute atomic E-state index is 14.5. The van der Waals surface area contributed by atoms with E-state index >= 15 is 0 Å². The number of hydrogen-bond acceptors (Lipinski definition) is 4. The number of nitrogens with zero attached hydrogens (tertiary/aromatic N) is 2. The molecule has 9 aromatic rings. The van der Waals surface area contributed by atoms with Crippen LogP contribution in [0, 0.1) is 0 Å². The number of fused-ring (bicyclic) bond motifs is 4. The Balaban J connectivity index is 1.39. The van der Waals surface area contributed by atoms with Crippen LogP contribution in [0.4, 0.5) is 0 Å². The molecule has 0 unspecified atom stereocenters. The predicted octanol–water partition coefficient (Wildman–Crippen LogP) is 10.1. The van der Waals surface area contributed by atoms with Crippen LogP contribution >= 0.6 is 0 Å². The highest BCUT2D eigenvalue weighted by molar-refractivity contribution is 6.20. The van der Waals surface area contributed by atoms with E-state index in [1.165, 1.54) is 9.13 Å². The van der Waals surface area contributed by atoms with Crippen LogP contribution in [-0.4, -0.2) is 9.13 Å². The summed E-state index contributed by atoms with van der Waals surface area (Å²) in [6, 6.07) is 42.1. The Labute approximate surface area is 323 Å². The molecule has 0 saturated carbocycles. The van der Waals surface area contributed by atoms with Crippen molar-refractivity contribution in [2.75, 3.05) is 0 Å². The van der Waals surface area contributed by atoms with Gasteiger partial charge < -0.3 is 0 Å². The first-order valence-corrected chi connectivity index (χ1v) is 18.9.